The first-order chi connectivity index (χ1) is 61.4. The molecule has 3 heterocycles. The molecular weight excluding hydrogens is 1710 g/mol. The number of primary amides is 2. The molecule has 7 rings (SSSR count). The highest BCUT2D eigenvalue weighted by Crippen LogP contribution is 2.22. The summed E-state index contributed by atoms with van der Waals surface area (Å²) in [5.41, 5.74) is 24.4. The predicted octanol–water partition coefficient (Wildman–Crippen LogP) is -8.65. The largest absolute Gasteiger partial charge is 0.508 e. The first-order valence-corrected chi connectivity index (χ1v) is 41.8. The number of guanidine groups is 2. The van der Waals surface area contributed by atoms with Crippen LogP contribution < -0.4 is 108 Å². The number of rotatable bonds is 25. The first kappa shape index (κ1) is 101. The number of phenols is 3. The molecule has 34 N–H and O–H groups in total. The topological polar surface area (TPSA) is 783 Å². The zero-order valence-electron chi connectivity index (χ0n) is 70.2. The maximum Gasteiger partial charge on any atom is 0.245 e. The van der Waals surface area contributed by atoms with E-state index in [2.05, 4.69) is 100 Å². The number of nitrogens with two attached hydrogens (primary N) is 4. The number of aromatic hydroxyl groups is 3. The number of H-pyrrole nitrogens is 2. The van der Waals surface area contributed by atoms with Crippen LogP contribution in [0.15, 0.2) is 116 Å². The summed E-state index contributed by atoms with van der Waals surface area (Å²) in [6, 6.07) is -0.232. The summed E-state index contributed by atoms with van der Waals surface area (Å²) in [4.78, 5) is 238. The van der Waals surface area contributed by atoms with Crippen molar-refractivity contribution in [2.75, 3.05) is 44.4 Å². The van der Waals surface area contributed by atoms with Gasteiger partial charge in [0.15, 0.2) is 11.9 Å². The third-order valence-corrected chi connectivity index (χ3v) is 21.0. The standard InChI is InChI=1S/C81H109N25O22S/c1-40-68(117)106-66(41(2)109)79(128)102-57(29-44-15-21-49(112)22-16-44)74(123)97-53(10-6-26-90-81(86)87)70(119)103-61(36-108)78(127)105-62(67(83)116)37-129-38-65(115)95-55(27-42-11-17-47(110)18-12-42)72(121)101-59(31-46-33-88-39-93-46)76(125)98-54(23-24-63(82)113)71(120)100-58(30-45-32-91-51-8-4-3-7-50(45)51)75(124)104-60(35-107)77(126)99-56(28-43-13-19-48(111)20-14-43)73(122)96-52(9-5-25-89-80(84)85)69(118)92-34-64(114)94-40/h3-4,7-8,11-22,32-33,39-41,52-62,66,91,107-112H,5-6,9-10,23-31,34-38H2,1-2H3,(H2,82,113)(H2,83,116)(H,88,93)(H,92,118)(H,94,114)(H,95,115)(H,96,122)(H,97,123)(H,98,125)(H,99,126)(H,100,120)(H,101,121)(H,102,128)(H,103,119)(H,104,124)(H,105,127)(H,106,117)(H4,84,85,89)(H4,86,87,90)/t40-,41+,52-,53-,54-,55+,56-,57-,58-,59-,60-,61-,62-,66-/m0/s1. The van der Waals surface area contributed by atoms with E-state index in [-0.39, 0.29) is 79.3 Å². The second kappa shape index (κ2) is 50.5. The van der Waals surface area contributed by atoms with Crippen LogP contribution in [0.4, 0.5) is 0 Å². The van der Waals surface area contributed by atoms with Crippen LogP contribution in [0.2, 0.25) is 0 Å². The van der Waals surface area contributed by atoms with Gasteiger partial charge in [0.1, 0.15) is 95.8 Å². The lowest BCUT2D eigenvalue weighted by Crippen LogP contribution is -2.62. The number of aromatic amines is 2. The summed E-state index contributed by atoms with van der Waals surface area (Å²) in [6.07, 6.45) is -1.56. The first-order valence-electron chi connectivity index (χ1n) is 40.6. The molecule has 2 aromatic heterocycles. The minimum Gasteiger partial charge on any atom is -0.508 e. The van der Waals surface area contributed by atoms with Crippen LogP contribution in [0, 0.1) is 10.8 Å². The second-order valence-corrected chi connectivity index (χ2v) is 31.2. The van der Waals surface area contributed by atoms with Gasteiger partial charge < -0.3 is 149 Å². The van der Waals surface area contributed by atoms with E-state index in [4.69, 9.17) is 33.8 Å². The highest BCUT2D eigenvalue weighted by molar-refractivity contribution is 8.00. The molecule has 1 aliphatic rings. The minimum absolute atomic E-state index is 0.0199. The monoisotopic (exact) mass is 1820 g/mol. The second-order valence-electron chi connectivity index (χ2n) is 30.2. The molecule has 0 bridgehead atoms. The molecule has 47 nitrogen and oxygen atoms in total. The van der Waals surface area contributed by atoms with Crippen molar-refractivity contribution >= 4 is 129 Å². The van der Waals surface area contributed by atoms with Crippen LogP contribution >= 0.6 is 11.8 Å². The number of nitrogens with one attached hydrogen (secondary N) is 20. The van der Waals surface area contributed by atoms with Crippen molar-refractivity contribution < 1.29 is 107 Å². The fraction of sp³-hybridized carbons (Fsp3) is 0.420. The predicted molar refractivity (Wildman–Crippen MR) is 463 cm³/mol. The Morgan fingerprint density at radius 1 is 0.473 bits per heavy atom. The number of benzene rings is 4. The molecule has 4 aromatic carbocycles. The molecule has 696 valence electrons. The molecule has 129 heavy (non-hydrogen) atoms. The summed E-state index contributed by atoms with van der Waals surface area (Å²) >= 11 is 0.684. The molecule has 14 atom stereocenters. The highest BCUT2D eigenvalue weighted by atomic mass is 32.2. The molecule has 0 unspecified atom stereocenters. The van der Waals surface area contributed by atoms with Gasteiger partial charge in [-0.1, -0.05) is 54.6 Å². The molecule has 0 spiro atoms. The summed E-state index contributed by atoms with van der Waals surface area (Å²) in [7, 11) is 0. The van der Waals surface area contributed by atoms with Crippen molar-refractivity contribution in [3.05, 3.63) is 144 Å². The third-order valence-electron chi connectivity index (χ3n) is 20.0. The van der Waals surface area contributed by atoms with Gasteiger partial charge in [-0.25, -0.2) is 4.98 Å². The van der Waals surface area contributed by atoms with Crippen molar-refractivity contribution in [2.24, 2.45) is 22.9 Å². The van der Waals surface area contributed by atoms with Gasteiger partial charge in [-0.2, -0.15) is 0 Å². The van der Waals surface area contributed by atoms with E-state index in [1.165, 1.54) is 91.5 Å². The number of thioether (sulfide) groups is 1. The molecule has 0 aliphatic carbocycles. The summed E-state index contributed by atoms with van der Waals surface area (Å²) in [5.74, 6) is -20.6. The lowest BCUT2D eigenvalue weighted by molar-refractivity contribution is -0.136. The molecular formula is C81H109N25O22S. The van der Waals surface area contributed by atoms with E-state index in [9.17, 15) is 97.8 Å². The van der Waals surface area contributed by atoms with Crippen molar-refractivity contribution in [3.63, 3.8) is 0 Å². The Hall–Kier alpha value is -14.7. The number of hydrogen-bond acceptors (Lipinski definition) is 26. The number of aromatic nitrogens is 3. The maximum absolute atomic E-state index is 15.0. The Balaban J connectivity index is 1.27. The van der Waals surface area contributed by atoms with Gasteiger partial charge in [0.25, 0.3) is 0 Å². The number of amides is 16. The van der Waals surface area contributed by atoms with Crippen LogP contribution in [-0.4, -0.2) is 281 Å². The van der Waals surface area contributed by atoms with Crippen LogP contribution in [0.5, 0.6) is 17.2 Å². The average Bonchev–Trinajstić information content (AvgIpc) is 1.66. The Morgan fingerprint density at radius 2 is 0.884 bits per heavy atom. The Bertz CT molecular complexity index is 4930. The van der Waals surface area contributed by atoms with Crippen LogP contribution in [0.25, 0.3) is 10.9 Å². The number of aliphatic hydroxyl groups is 3. The van der Waals surface area contributed by atoms with Crippen molar-refractivity contribution in [2.45, 2.75) is 169 Å². The third kappa shape index (κ3) is 33.6. The fourth-order valence-electron chi connectivity index (χ4n) is 13.1. The van der Waals surface area contributed by atoms with Gasteiger partial charge in [-0.05, 0) is 111 Å². The summed E-state index contributed by atoms with van der Waals surface area (Å²) in [5, 5.41) is 118. The lowest BCUT2D eigenvalue weighted by Gasteiger charge is -2.28. The summed E-state index contributed by atoms with van der Waals surface area (Å²) < 4.78 is 0. The quantitative estimate of drug-likeness (QED) is 0.0144. The number of phenolic OH excluding ortho intramolecular Hbond substituents is 3. The zero-order valence-corrected chi connectivity index (χ0v) is 71.0. The van der Waals surface area contributed by atoms with E-state index in [0.29, 0.717) is 33.8 Å². The van der Waals surface area contributed by atoms with Crippen LogP contribution in [0.3, 0.4) is 0 Å². The van der Waals surface area contributed by atoms with Gasteiger partial charge >= 0.3 is 0 Å². The lowest BCUT2D eigenvalue weighted by atomic mass is 10.0. The molecule has 1 aliphatic heterocycles. The molecule has 1 saturated heterocycles. The molecule has 0 radical (unpaired) electrons. The highest BCUT2D eigenvalue weighted by Gasteiger charge is 2.39. The van der Waals surface area contributed by atoms with Crippen LogP contribution in [0.1, 0.15) is 80.3 Å². The number of fused-ring (bicyclic) bond motifs is 1. The van der Waals surface area contributed by atoms with E-state index < -0.39 is 261 Å². The molecule has 1 fully saturated rings. The summed E-state index contributed by atoms with van der Waals surface area (Å²) in [6.45, 7) is -1.21. The number of aliphatic hydroxyl groups excluding tert-OH is 3. The van der Waals surface area contributed by atoms with Gasteiger partial charge in [-0.3, -0.25) is 87.5 Å². The smallest absolute Gasteiger partial charge is 0.245 e. The molecule has 16 amide bonds. The van der Waals surface area contributed by atoms with Crippen molar-refractivity contribution in [3.8, 4) is 17.2 Å². The number of para-hydroxylation sites is 1. The SMILES string of the molecule is C[C@@H]1NC(=O)CNC(=O)[C@H](CCCNC(=N)N)NC(=O)[C@H](Cc2ccc(O)cc2)NC(=O)[C@H](CO)NC(=O)[C@H](Cc2c[nH]c3ccccc23)NC(=O)[C@H](CCC(N)=O)NC(=O)[C@H](Cc2c[nH]cn2)NC(=O)[C@@H](Cc2ccc(O)cc2)NC(=O)CSC[C@@H](C(N)=O)NC(=O)[C@H](CO)NC(=O)[C@H](CCCNC(=N)N)NC(=O)[C@H](Cc2ccc(O)cc2)NC(=O)[C@H]([C@@H](C)O)NC1=O. The zero-order chi connectivity index (χ0) is 94.6. The van der Waals surface area contributed by atoms with Gasteiger partial charge in [-0.15, -0.1) is 11.8 Å². The van der Waals surface area contributed by atoms with Crippen molar-refractivity contribution in [1.29, 1.82) is 10.8 Å². The normalized spacial score (nSPS) is 23.0. The van der Waals surface area contributed by atoms with Gasteiger partial charge in [0.2, 0.25) is 94.5 Å². The Labute approximate surface area is 741 Å². The molecule has 48 heteroatoms. The Kier molecular flexibility index (Phi) is 39.7. The number of nitrogens with zero attached hydrogens (tertiary/aromatic N) is 1. The van der Waals surface area contributed by atoms with E-state index in [1.807, 2.05) is 0 Å². The van der Waals surface area contributed by atoms with Crippen LogP contribution in [-0.2, 0) is 109 Å². The number of carbonyl (C=O) groups is 16. The minimum atomic E-state index is -1.99. The van der Waals surface area contributed by atoms with E-state index in [0.717, 1.165) is 13.8 Å². The average molecular weight is 1820 g/mol. The van der Waals surface area contributed by atoms with Crippen molar-refractivity contribution in [1.82, 2.24) is 100 Å². The van der Waals surface area contributed by atoms with E-state index in [1.54, 1.807) is 24.3 Å². The maximum atomic E-state index is 15.0. The number of imidazole rings is 1. The number of carbonyl (C=O) groups excluding carboxylic acids is 16. The Morgan fingerprint density at radius 3 is 1.33 bits per heavy atom. The molecule has 0 saturated carbocycles. The number of hydrogen-bond donors (Lipinski definition) is 30. The van der Waals surface area contributed by atoms with Gasteiger partial charge in [0, 0.05) is 80.7 Å². The fourth-order valence-corrected chi connectivity index (χ4v) is 13.9. The molecule has 6 aromatic rings. The van der Waals surface area contributed by atoms with Gasteiger partial charge in [0.05, 0.1) is 43.6 Å². The van der Waals surface area contributed by atoms with E-state index >= 15 is 9.59 Å².